The molecule has 0 saturated heterocycles. The van der Waals surface area contributed by atoms with Crippen molar-refractivity contribution in [2.24, 2.45) is 0 Å². The Labute approximate surface area is 159 Å². The van der Waals surface area contributed by atoms with Crippen molar-refractivity contribution in [1.29, 1.82) is 0 Å². The zero-order valence-electron chi connectivity index (χ0n) is 15.4. The number of carbonyl (C=O) groups excluding carboxylic acids is 1. The summed E-state index contributed by atoms with van der Waals surface area (Å²) in [7, 11) is 0. The molecule has 27 heavy (non-hydrogen) atoms. The van der Waals surface area contributed by atoms with Crippen LogP contribution >= 0.6 is 0 Å². The fourth-order valence-electron chi connectivity index (χ4n) is 2.52. The molecule has 0 fully saturated rings. The smallest absolute Gasteiger partial charge is 0.343 e. The lowest BCUT2D eigenvalue weighted by Gasteiger charge is -2.12. The van der Waals surface area contributed by atoms with Crippen LogP contribution in [0, 0.1) is 0 Å². The number of hydrogen-bond acceptors (Lipinski definition) is 4. The SMILES string of the molecule is CC(C)Oc1cccc(OCc2cccc(C(=O)Oc3ccccc3)c2)c1. The van der Waals surface area contributed by atoms with Crippen LogP contribution in [-0.4, -0.2) is 12.1 Å². The van der Waals surface area contributed by atoms with Gasteiger partial charge in [0.25, 0.3) is 0 Å². The predicted molar refractivity (Wildman–Crippen MR) is 104 cm³/mol. The number of carbonyl (C=O) groups is 1. The Hall–Kier alpha value is -3.27. The number of benzene rings is 3. The second-order valence-electron chi connectivity index (χ2n) is 6.33. The van der Waals surface area contributed by atoms with Crippen LogP contribution in [0.4, 0.5) is 0 Å². The molecule has 3 rings (SSSR count). The maximum absolute atomic E-state index is 12.3. The van der Waals surface area contributed by atoms with Gasteiger partial charge in [-0.25, -0.2) is 4.79 Å². The maximum atomic E-state index is 12.3. The van der Waals surface area contributed by atoms with Crippen LogP contribution in [-0.2, 0) is 6.61 Å². The van der Waals surface area contributed by atoms with E-state index < -0.39 is 5.97 Å². The van der Waals surface area contributed by atoms with Crippen LogP contribution in [0.5, 0.6) is 17.2 Å². The van der Waals surface area contributed by atoms with Gasteiger partial charge in [-0.2, -0.15) is 0 Å². The molecule has 0 saturated carbocycles. The van der Waals surface area contributed by atoms with Gasteiger partial charge in [-0.15, -0.1) is 0 Å². The van der Waals surface area contributed by atoms with Crippen molar-refractivity contribution in [3.05, 3.63) is 90.0 Å². The highest BCUT2D eigenvalue weighted by molar-refractivity contribution is 5.91. The molecule has 4 nitrogen and oxygen atoms in total. The highest BCUT2D eigenvalue weighted by atomic mass is 16.5. The molecule has 0 spiro atoms. The van der Waals surface area contributed by atoms with E-state index in [-0.39, 0.29) is 6.10 Å². The average Bonchev–Trinajstić information content (AvgIpc) is 2.67. The van der Waals surface area contributed by atoms with E-state index in [0.29, 0.717) is 23.7 Å². The van der Waals surface area contributed by atoms with Crippen molar-refractivity contribution in [2.75, 3.05) is 0 Å². The monoisotopic (exact) mass is 362 g/mol. The Morgan fingerprint density at radius 2 is 1.52 bits per heavy atom. The third kappa shape index (κ3) is 5.61. The quantitative estimate of drug-likeness (QED) is 0.424. The molecule has 0 amide bonds. The van der Waals surface area contributed by atoms with Gasteiger partial charge in [-0.1, -0.05) is 36.4 Å². The summed E-state index contributed by atoms with van der Waals surface area (Å²) in [6, 6.07) is 23.8. The van der Waals surface area contributed by atoms with Crippen LogP contribution in [0.15, 0.2) is 78.9 Å². The van der Waals surface area contributed by atoms with Crippen molar-refractivity contribution in [3.8, 4) is 17.2 Å². The molecule has 4 heteroatoms. The topological polar surface area (TPSA) is 44.8 Å². The molecule has 0 unspecified atom stereocenters. The van der Waals surface area contributed by atoms with Crippen molar-refractivity contribution >= 4 is 5.97 Å². The summed E-state index contributed by atoms with van der Waals surface area (Å²) >= 11 is 0. The molecule has 0 bridgehead atoms. The highest BCUT2D eigenvalue weighted by Crippen LogP contribution is 2.21. The normalized spacial score (nSPS) is 10.5. The van der Waals surface area contributed by atoms with Gasteiger partial charge in [0, 0.05) is 6.07 Å². The molecule has 0 aliphatic carbocycles. The molecule has 0 atom stereocenters. The summed E-state index contributed by atoms with van der Waals surface area (Å²) in [5, 5.41) is 0. The van der Waals surface area contributed by atoms with E-state index in [1.807, 2.05) is 68.4 Å². The third-order valence-electron chi connectivity index (χ3n) is 3.70. The molecule has 0 radical (unpaired) electrons. The van der Waals surface area contributed by atoms with Gasteiger partial charge in [-0.05, 0) is 55.8 Å². The Kier molecular flexibility index (Phi) is 6.10. The zero-order chi connectivity index (χ0) is 19.1. The Morgan fingerprint density at radius 3 is 2.30 bits per heavy atom. The molecule has 0 heterocycles. The Morgan fingerprint density at radius 1 is 0.815 bits per heavy atom. The highest BCUT2D eigenvalue weighted by Gasteiger charge is 2.09. The van der Waals surface area contributed by atoms with Crippen molar-refractivity contribution in [2.45, 2.75) is 26.6 Å². The minimum absolute atomic E-state index is 0.104. The predicted octanol–water partition coefficient (Wildman–Crippen LogP) is 5.27. The third-order valence-corrected chi connectivity index (χ3v) is 3.70. The summed E-state index contributed by atoms with van der Waals surface area (Å²) in [6.07, 6.45) is 0.104. The second-order valence-corrected chi connectivity index (χ2v) is 6.33. The van der Waals surface area contributed by atoms with Crippen molar-refractivity contribution < 1.29 is 19.0 Å². The van der Waals surface area contributed by atoms with E-state index in [1.165, 1.54) is 0 Å². The molecular weight excluding hydrogens is 340 g/mol. The maximum Gasteiger partial charge on any atom is 0.343 e. The van der Waals surface area contributed by atoms with Gasteiger partial charge >= 0.3 is 5.97 Å². The van der Waals surface area contributed by atoms with Crippen molar-refractivity contribution in [1.82, 2.24) is 0 Å². The summed E-state index contributed by atoms with van der Waals surface area (Å²) in [5.41, 5.74) is 1.37. The zero-order valence-corrected chi connectivity index (χ0v) is 15.4. The van der Waals surface area contributed by atoms with Gasteiger partial charge in [0.15, 0.2) is 0 Å². The minimum atomic E-state index is -0.393. The Bertz CT molecular complexity index is 888. The average molecular weight is 362 g/mol. The number of ether oxygens (including phenoxy) is 3. The fourth-order valence-corrected chi connectivity index (χ4v) is 2.52. The van der Waals surface area contributed by atoms with Gasteiger partial charge in [-0.3, -0.25) is 0 Å². The molecule has 0 aliphatic heterocycles. The molecule has 3 aromatic rings. The molecule has 0 N–H and O–H groups in total. The molecular formula is C23H22O4. The van der Waals surface area contributed by atoms with E-state index in [2.05, 4.69) is 0 Å². The number of para-hydroxylation sites is 1. The lowest BCUT2D eigenvalue weighted by atomic mass is 10.1. The molecule has 3 aromatic carbocycles. The first-order valence-electron chi connectivity index (χ1n) is 8.86. The van der Waals surface area contributed by atoms with Crippen molar-refractivity contribution in [3.63, 3.8) is 0 Å². The van der Waals surface area contributed by atoms with Gasteiger partial charge in [0.05, 0.1) is 11.7 Å². The van der Waals surface area contributed by atoms with Crippen LogP contribution in [0.25, 0.3) is 0 Å². The molecule has 0 aromatic heterocycles. The lowest BCUT2D eigenvalue weighted by molar-refractivity contribution is 0.0734. The largest absolute Gasteiger partial charge is 0.491 e. The second kappa shape index (κ2) is 8.90. The Balaban J connectivity index is 1.63. The number of hydrogen-bond donors (Lipinski definition) is 0. The van der Waals surface area contributed by atoms with Crippen LogP contribution in [0.2, 0.25) is 0 Å². The minimum Gasteiger partial charge on any atom is -0.491 e. The van der Waals surface area contributed by atoms with Gasteiger partial charge < -0.3 is 14.2 Å². The molecule has 138 valence electrons. The first-order chi connectivity index (χ1) is 13.1. The van der Waals surface area contributed by atoms with E-state index >= 15 is 0 Å². The van der Waals surface area contributed by atoms with Crippen LogP contribution < -0.4 is 14.2 Å². The van der Waals surface area contributed by atoms with Crippen LogP contribution in [0.3, 0.4) is 0 Å². The van der Waals surface area contributed by atoms with E-state index in [1.54, 1.807) is 24.3 Å². The van der Waals surface area contributed by atoms with E-state index in [9.17, 15) is 4.79 Å². The summed E-state index contributed by atoms with van der Waals surface area (Å²) in [5.74, 6) is 1.61. The first kappa shape index (κ1) is 18.5. The number of rotatable bonds is 7. The lowest BCUT2D eigenvalue weighted by Crippen LogP contribution is -2.09. The standard InChI is InChI=1S/C23H22O4/c1-17(2)26-22-13-7-12-21(15-22)25-16-18-8-6-9-19(14-18)23(24)27-20-10-4-3-5-11-20/h3-15,17H,16H2,1-2H3. The number of esters is 1. The summed E-state index contributed by atoms with van der Waals surface area (Å²) < 4.78 is 16.9. The van der Waals surface area contributed by atoms with Crippen LogP contribution in [0.1, 0.15) is 29.8 Å². The van der Waals surface area contributed by atoms with Gasteiger partial charge in [0.1, 0.15) is 23.9 Å². The first-order valence-corrected chi connectivity index (χ1v) is 8.86. The van der Waals surface area contributed by atoms with Gasteiger partial charge in [0.2, 0.25) is 0 Å². The van der Waals surface area contributed by atoms with E-state index in [4.69, 9.17) is 14.2 Å². The summed E-state index contributed by atoms with van der Waals surface area (Å²) in [4.78, 5) is 12.3. The molecule has 0 aliphatic rings. The summed E-state index contributed by atoms with van der Waals surface area (Å²) in [6.45, 7) is 4.30. The fraction of sp³-hybridized carbons (Fsp3) is 0.174. The van der Waals surface area contributed by atoms with E-state index in [0.717, 1.165) is 11.3 Å².